The molecular weight excluding hydrogens is 458 g/mol. The van der Waals surface area contributed by atoms with Crippen LogP contribution in [0.3, 0.4) is 0 Å². The quantitative estimate of drug-likeness (QED) is 0.447. The molecule has 3 aromatic rings. The zero-order valence-electron chi connectivity index (χ0n) is 21.0. The lowest BCUT2D eigenvalue weighted by Gasteiger charge is -2.27. The Hall–Kier alpha value is -3.78. The molecule has 8 nitrogen and oxygen atoms in total. The molecule has 0 unspecified atom stereocenters. The smallest absolute Gasteiger partial charge is 0.251 e. The summed E-state index contributed by atoms with van der Waals surface area (Å²) in [6.45, 7) is 6.41. The summed E-state index contributed by atoms with van der Waals surface area (Å²) in [6, 6.07) is 16.8. The zero-order valence-corrected chi connectivity index (χ0v) is 21.0. The van der Waals surface area contributed by atoms with Crippen molar-refractivity contribution in [1.82, 2.24) is 15.5 Å². The molecule has 4 rings (SSSR count). The highest BCUT2D eigenvalue weighted by Gasteiger charge is 2.23. The summed E-state index contributed by atoms with van der Waals surface area (Å²) >= 11 is 0. The maximum Gasteiger partial charge on any atom is 0.251 e. The number of carbonyl (C=O) groups is 2. The highest BCUT2D eigenvalue weighted by atomic mass is 16.6. The number of carbonyl (C=O) groups excluding carboxylic acids is 2. The lowest BCUT2D eigenvalue weighted by atomic mass is 9.95. The second-order valence-corrected chi connectivity index (χ2v) is 9.19. The van der Waals surface area contributed by atoms with Gasteiger partial charge in [0.25, 0.3) is 5.91 Å². The molecule has 2 amide bonds. The van der Waals surface area contributed by atoms with E-state index in [4.69, 9.17) is 13.9 Å². The van der Waals surface area contributed by atoms with Crippen molar-refractivity contribution < 1.29 is 23.5 Å². The summed E-state index contributed by atoms with van der Waals surface area (Å²) in [5.41, 5.74) is 2.56. The van der Waals surface area contributed by atoms with Crippen LogP contribution < -0.4 is 20.1 Å². The number of amides is 2. The Labute approximate surface area is 211 Å². The molecule has 0 aliphatic carbocycles. The van der Waals surface area contributed by atoms with Gasteiger partial charge in [-0.3, -0.25) is 14.5 Å². The minimum absolute atomic E-state index is 0.0860. The molecule has 2 aromatic carbocycles. The summed E-state index contributed by atoms with van der Waals surface area (Å²) < 4.78 is 16.9. The second-order valence-electron chi connectivity index (χ2n) is 9.19. The third kappa shape index (κ3) is 6.46. The number of hydrogen-bond donors (Lipinski definition) is 2. The fraction of sp³-hybridized carbons (Fsp3) is 0.357. The molecule has 0 fully saturated rings. The van der Waals surface area contributed by atoms with Gasteiger partial charge in [-0.05, 0) is 53.4 Å². The monoisotopic (exact) mass is 491 g/mol. The number of ether oxygens (including phenoxy) is 2. The Morgan fingerprint density at radius 1 is 0.972 bits per heavy atom. The van der Waals surface area contributed by atoms with Crippen LogP contribution in [0.15, 0.2) is 65.3 Å². The first-order valence-corrected chi connectivity index (χ1v) is 12.2. The molecule has 2 heterocycles. The molecule has 1 atom stereocenters. The van der Waals surface area contributed by atoms with Crippen LogP contribution in [-0.4, -0.2) is 43.5 Å². The first kappa shape index (κ1) is 25.3. The lowest BCUT2D eigenvalue weighted by Crippen LogP contribution is -2.39. The van der Waals surface area contributed by atoms with E-state index in [0.717, 1.165) is 22.6 Å². The maximum atomic E-state index is 13.2. The largest absolute Gasteiger partial charge is 0.486 e. The predicted molar refractivity (Wildman–Crippen MR) is 136 cm³/mol. The lowest BCUT2D eigenvalue weighted by molar-refractivity contribution is -0.123. The van der Waals surface area contributed by atoms with Gasteiger partial charge < -0.3 is 24.5 Å². The number of furan rings is 1. The van der Waals surface area contributed by atoms with Crippen LogP contribution in [0.25, 0.3) is 0 Å². The van der Waals surface area contributed by atoms with Gasteiger partial charge in [-0.25, -0.2) is 0 Å². The number of benzene rings is 2. The van der Waals surface area contributed by atoms with Crippen molar-refractivity contribution in [1.29, 1.82) is 0 Å². The Kier molecular flexibility index (Phi) is 8.28. The fourth-order valence-electron chi connectivity index (χ4n) is 4.27. The first-order chi connectivity index (χ1) is 17.4. The van der Waals surface area contributed by atoms with E-state index in [1.165, 1.54) is 0 Å². The third-order valence-electron chi connectivity index (χ3n) is 6.08. The van der Waals surface area contributed by atoms with E-state index in [2.05, 4.69) is 24.5 Å². The molecule has 1 aromatic heterocycles. The van der Waals surface area contributed by atoms with Crippen molar-refractivity contribution in [3.05, 3.63) is 83.3 Å². The normalized spacial score (nSPS) is 13.5. The minimum atomic E-state index is -0.175. The average molecular weight is 492 g/mol. The number of rotatable bonds is 10. The highest BCUT2D eigenvalue weighted by molar-refractivity contribution is 5.93. The molecule has 2 N–H and O–H groups in total. The van der Waals surface area contributed by atoms with Crippen molar-refractivity contribution in [2.75, 3.05) is 26.8 Å². The number of hydrogen-bond acceptors (Lipinski definition) is 6. The van der Waals surface area contributed by atoms with Crippen LogP contribution in [0.1, 0.15) is 47.1 Å². The molecule has 1 aliphatic heterocycles. The molecule has 8 heteroatoms. The minimum Gasteiger partial charge on any atom is -0.486 e. The standard InChI is InChI=1S/C28H33N3O5/c1-19(2)27(22-10-11-24-25(15-22)36-14-13-35-24)30-26(32)18-31(17-23-5-4-12-34-23)16-20-6-8-21(9-7-20)28(33)29-3/h4-12,15,19,27H,13-14,16-18H2,1-3H3,(H,29,33)(H,30,32)/t27-/m0/s1. The maximum absolute atomic E-state index is 13.2. The van der Waals surface area contributed by atoms with E-state index < -0.39 is 0 Å². The van der Waals surface area contributed by atoms with E-state index in [9.17, 15) is 9.59 Å². The molecule has 0 saturated carbocycles. The Morgan fingerprint density at radius 2 is 1.72 bits per heavy atom. The van der Waals surface area contributed by atoms with Gasteiger partial charge >= 0.3 is 0 Å². The van der Waals surface area contributed by atoms with Gasteiger partial charge in [0, 0.05) is 19.2 Å². The van der Waals surface area contributed by atoms with Crippen LogP contribution in [0.4, 0.5) is 0 Å². The Balaban J connectivity index is 1.46. The van der Waals surface area contributed by atoms with Crippen LogP contribution >= 0.6 is 0 Å². The number of nitrogens with one attached hydrogen (secondary N) is 2. The van der Waals surface area contributed by atoms with E-state index in [0.29, 0.717) is 37.6 Å². The topological polar surface area (TPSA) is 93.0 Å². The summed E-state index contributed by atoms with van der Waals surface area (Å²) in [4.78, 5) is 27.1. The highest BCUT2D eigenvalue weighted by Crippen LogP contribution is 2.34. The van der Waals surface area contributed by atoms with Crippen LogP contribution in [0, 0.1) is 5.92 Å². The molecule has 0 spiro atoms. The summed E-state index contributed by atoms with van der Waals surface area (Å²) in [5.74, 6) is 2.16. The molecule has 0 saturated heterocycles. The van der Waals surface area contributed by atoms with Crippen molar-refractivity contribution in [3.8, 4) is 11.5 Å². The van der Waals surface area contributed by atoms with Gasteiger partial charge in [0.15, 0.2) is 11.5 Å². The zero-order chi connectivity index (χ0) is 25.5. The average Bonchev–Trinajstić information content (AvgIpc) is 3.40. The van der Waals surface area contributed by atoms with Crippen molar-refractivity contribution >= 4 is 11.8 Å². The summed E-state index contributed by atoms with van der Waals surface area (Å²) in [6.07, 6.45) is 1.63. The summed E-state index contributed by atoms with van der Waals surface area (Å²) in [7, 11) is 1.61. The van der Waals surface area contributed by atoms with Crippen molar-refractivity contribution in [3.63, 3.8) is 0 Å². The molecule has 0 bridgehead atoms. The molecule has 0 radical (unpaired) electrons. The van der Waals surface area contributed by atoms with Crippen LogP contribution in [-0.2, 0) is 17.9 Å². The van der Waals surface area contributed by atoms with Gasteiger partial charge in [0.2, 0.25) is 5.91 Å². The van der Waals surface area contributed by atoms with Crippen molar-refractivity contribution in [2.45, 2.75) is 33.0 Å². The Morgan fingerprint density at radius 3 is 2.39 bits per heavy atom. The van der Waals surface area contributed by atoms with Gasteiger partial charge in [-0.15, -0.1) is 0 Å². The van der Waals surface area contributed by atoms with E-state index in [-0.39, 0.29) is 30.3 Å². The van der Waals surface area contributed by atoms with E-state index >= 15 is 0 Å². The SMILES string of the molecule is CNC(=O)c1ccc(CN(CC(=O)N[C@H](c2ccc3c(c2)OCCO3)C(C)C)Cc2ccco2)cc1. The van der Waals surface area contributed by atoms with E-state index in [1.54, 1.807) is 25.4 Å². The van der Waals surface area contributed by atoms with Gasteiger partial charge in [-0.1, -0.05) is 32.0 Å². The molecule has 190 valence electrons. The molecule has 36 heavy (non-hydrogen) atoms. The molecular formula is C28H33N3O5. The molecule has 1 aliphatic rings. The second kappa shape index (κ2) is 11.8. The van der Waals surface area contributed by atoms with Gasteiger partial charge in [-0.2, -0.15) is 0 Å². The number of fused-ring (bicyclic) bond motifs is 1. The Bertz CT molecular complexity index is 1160. The summed E-state index contributed by atoms with van der Waals surface area (Å²) in [5, 5.41) is 5.83. The van der Waals surface area contributed by atoms with Gasteiger partial charge in [0.05, 0.1) is 25.4 Å². The van der Waals surface area contributed by atoms with Crippen LogP contribution in [0.2, 0.25) is 0 Å². The third-order valence-corrected chi connectivity index (χ3v) is 6.08. The fourth-order valence-corrected chi connectivity index (χ4v) is 4.27. The predicted octanol–water partition coefficient (Wildman–Crippen LogP) is 3.93. The van der Waals surface area contributed by atoms with Gasteiger partial charge in [0.1, 0.15) is 19.0 Å². The van der Waals surface area contributed by atoms with Crippen molar-refractivity contribution in [2.24, 2.45) is 5.92 Å². The number of nitrogens with zero attached hydrogens (tertiary/aromatic N) is 1. The van der Waals surface area contributed by atoms with Crippen LogP contribution in [0.5, 0.6) is 11.5 Å². The first-order valence-electron chi connectivity index (χ1n) is 12.2. The van der Waals surface area contributed by atoms with E-state index in [1.807, 2.05) is 47.4 Å².